The van der Waals surface area contributed by atoms with Crippen LogP contribution in [0.2, 0.25) is 0 Å². The van der Waals surface area contributed by atoms with Crippen LogP contribution in [0.1, 0.15) is 36.9 Å². The quantitative estimate of drug-likeness (QED) is 0.911. The number of nitrogens with one attached hydrogen (secondary N) is 1. The van der Waals surface area contributed by atoms with Crippen molar-refractivity contribution in [1.29, 1.82) is 0 Å². The Morgan fingerprint density at radius 2 is 2.43 bits per heavy atom. The molecule has 122 valence electrons. The lowest BCUT2D eigenvalue weighted by atomic mass is 10.1. The van der Waals surface area contributed by atoms with Crippen LogP contribution >= 0.6 is 11.3 Å². The predicted molar refractivity (Wildman–Crippen MR) is 90.6 cm³/mol. The minimum Gasteiger partial charge on any atom is -0.478 e. The Labute approximate surface area is 140 Å². The number of rotatable bonds is 5. The van der Waals surface area contributed by atoms with Crippen molar-refractivity contribution in [3.63, 3.8) is 0 Å². The molecule has 0 spiro atoms. The van der Waals surface area contributed by atoms with E-state index < -0.39 is 0 Å². The zero-order chi connectivity index (χ0) is 16.1. The standard InChI is InChI=1S/C17H21N3O2S/c1-2-22-16-13(5-3-8-18-16)11-19-17(21)20-9-4-6-15(20)14-7-10-23-12-14/h3,5,7-8,10,12,15H,2,4,6,9,11H2,1H3,(H,19,21)/t15-/m1/s1. The molecule has 0 bridgehead atoms. The van der Waals surface area contributed by atoms with E-state index in [0.717, 1.165) is 24.9 Å². The van der Waals surface area contributed by atoms with Gasteiger partial charge in [-0.3, -0.25) is 0 Å². The van der Waals surface area contributed by atoms with Gasteiger partial charge in [0.15, 0.2) is 0 Å². The van der Waals surface area contributed by atoms with Crippen LogP contribution in [0.4, 0.5) is 4.79 Å². The van der Waals surface area contributed by atoms with Gasteiger partial charge in [-0.05, 0) is 48.2 Å². The van der Waals surface area contributed by atoms with Gasteiger partial charge in [-0.1, -0.05) is 6.07 Å². The predicted octanol–water partition coefficient (Wildman–Crippen LogP) is 3.59. The van der Waals surface area contributed by atoms with Crippen molar-refractivity contribution < 1.29 is 9.53 Å². The van der Waals surface area contributed by atoms with Crippen LogP contribution in [-0.2, 0) is 6.54 Å². The SMILES string of the molecule is CCOc1ncccc1CNC(=O)N1CCC[C@@H]1c1ccsc1. The largest absolute Gasteiger partial charge is 0.478 e. The van der Waals surface area contributed by atoms with Crippen molar-refractivity contribution >= 4 is 17.4 Å². The second kappa shape index (κ2) is 7.46. The fourth-order valence-electron chi connectivity index (χ4n) is 2.92. The minimum absolute atomic E-state index is 0.0231. The van der Waals surface area contributed by atoms with E-state index in [2.05, 4.69) is 27.1 Å². The number of amides is 2. The number of carbonyl (C=O) groups excluding carboxylic acids is 1. The molecule has 1 atom stereocenters. The summed E-state index contributed by atoms with van der Waals surface area (Å²) in [6.45, 7) is 3.71. The zero-order valence-corrected chi connectivity index (χ0v) is 14.0. The maximum atomic E-state index is 12.6. The number of aromatic nitrogens is 1. The molecule has 0 radical (unpaired) electrons. The second-order valence-electron chi connectivity index (χ2n) is 5.47. The molecule has 0 aliphatic carbocycles. The lowest BCUT2D eigenvalue weighted by molar-refractivity contribution is 0.192. The van der Waals surface area contributed by atoms with Gasteiger partial charge in [0, 0.05) is 24.8 Å². The van der Waals surface area contributed by atoms with E-state index in [1.807, 2.05) is 24.0 Å². The number of ether oxygens (including phenoxy) is 1. The molecule has 1 N–H and O–H groups in total. The first-order valence-corrected chi connectivity index (χ1v) is 8.87. The first-order valence-electron chi connectivity index (χ1n) is 7.93. The topological polar surface area (TPSA) is 54.5 Å². The van der Waals surface area contributed by atoms with Crippen LogP contribution in [0.5, 0.6) is 5.88 Å². The lowest BCUT2D eigenvalue weighted by Crippen LogP contribution is -2.39. The maximum absolute atomic E-state index is 12.6. The van der Waals surface area contributed by atoms with Gasteiger partial charge in [-0.25, -0.2) is 9.78 Å². The van der Waals surface area contributed by atoms with E-state index in [1.54, 1.807) is 17.5 Å². The number of hydrogen-bond donors (Lipinski definition) is 1. The highest BCUT2D eigenvalue weighted by atomic mass is 32.1. The van der Waals surface area contributed by atoms with E-state index in [4.69, 9.17) is 4.74 Å². The summed E-state index contributed by atoms with van der Waals surface area (Å²) in [6, 6.07) is 6.06. The third-order valence-corrected chi connectivity index (χ3v) is 4.70. The van der Waals surface area contributed by atoms with Crippen molar-refractivity contribution in [2.24, 2.45) is 0 Å². The summed E-state index contributed by atoms with van der Waals surface area (Å²) in [5.41, 5.74) is 2.13. The molecule has 6 heteroatoms. The Morgan fingerprint density at radius 3 is 3.22 bits per heavy atom. The highest BCUT2D eigenvalue weighted by molar-refractivity contribution is 7.07. The average molecular weight is 331 g/mol. The molecular formula is C17H21N3O2S. The summed E-state index contributed by atoms with van der Waals surface area (Å²) >= 11 is 1.67. The molecule has 2 amide bonds. The van der Waals surface area contributed by atoms with Gasteiger partial charge in [0.05, 0.1) is 12.6 Å². The number of hydrogen-bond acceptors (Lipinski definition) is 4. The third kappa shape index (κ3) is 3.64. The van der Waals surface area contributed by atoms with Gasteiger partial charge in [-0.2, -0.15) is 11.3 Å². The average Bonchev–Trinajstić information content (AvgIpc) is 3.24. The van der Waals surface area contributed by atoms with Crippen LogP contribution in [0.15, 0.2) is 35.2 Å². The van der Waals surface area contributed by atoms with E-state index in [1.165, 1.54) is 5.56 Å². The van der Waals surface area contributed by atoms with Crippen molar-refractivity contribution in [2.75, 3.05) is 13.2 Å². The summed E-state index contributed by atoms with van der Waals surface area (Å²) < 4.78 is 5.50. The molecule has 0 unspecified atom stereocenters. The highest BCUT2D eigenvalue weighted by Crippen LogP contribution is 2.33. The normalized spacial score (nSPS) is 17.3. The second-order valence-corrected chi connectivity index (χ2v) is 6.25. The molecule has 2 aromatic heterocycles. The molecular weight excluding hydrogens is 310 g/mol. The molecule has 2 aromatic rings. The Kier molecular flexibility index (Phi) is 5.12. The lowest BCUT2D eigenvalue weighted by Gasteiger charge is -2.24. The Balaban J connectivity index is 1.63. The molecule has 1 aliphatic heterocycles. The van der Waals surface area contributed by atoms with Gasteiger partial charge < -0.3 is 15.0 Å². The first kappa shape index (κ1) is 15.8. The van der Waals surface area contributed by atoms with Gasteiger partial charge in [0.25, 0.3) is 0 Å². The number of carbonyl (C=O) groups is 1. The van der Waals surface area contributed by atoms with Gasteiger partial charge in [0.1, 0.15) is 0 Å². The van der Waals surface area contributed by atoms with Gasteiger partial charge in [-0.15, -0.1) is 0 Å². The molecule has 0 aromatic carbocycles. The number of pyridine rings is 1. The fourth-order valence-corrected chi connectivity index (χ4v) is 3.63. The summed E-state index contributed by atoms with van der Waals surface area (Å²) in [4.78, 5) is 18.7. The Morgan fingerprint density at radius 1 is 1.52 bits per heavy atom. The Bertz CT molecular complexity index is 645. The monoisotopic (exact) mass is 331 g/mol. The van der Waals surface area contributed by atoms with Gasteiger partial charge in [0.2, 0.25) is 5.88 Å². The molecule has 0 saturated carbocycles. The number of nitrogens with zero attached hydrogens (tertiary/aromatic N) is 2. The summed E-state index contributed by atoms with van der Waals surface area (Å²) in [6.07, 6.45) is 3.77. The first-order chi connectivity index (χ1) is 11.3. The fraction of sp³-hybridized carbons (Fsp3) is 0.412. The summed E-state index contributed by atoms with van der Waals surface area (Å²) in [5, 5.41) is 7.19. The van der Waals surface area contributed by atoms with Crippen molar-refractivity contribution in [3.05, 3.63) is 46.3 Å². The van der Waals surface area contributed by atoms with E-state index >= 15 is 0 Å². The molecule has 1 fully saturated rings. The number of likely N-dealkylation sites (tertiary alicyclic amines) is 1. The third-order valence-electron chi connectivity index (χ3n) is 4.00. The molecule has 1 aliphatic rings. The number of thiophene rings is 1. The van der Waals surface area contributed by atoms with Gasteiger partial charge >= 0.3 is 6.03 Å². The van der Waals surface area contributed by atoms with Crippen LogP contribution in [0.25, 0.3) is 0 Å². The molecule has 5 nitrogen and oxygen atoms in total. The smallest absolute Gasteiger partial charge is 0.318 e. The van der Waals surface area contributed by atoms with Crippen molar-refractivity contribution in [3.8, 4) is 5.88 Å². The van der Waals surface area contributed by atoms with E-state index in [0.29, 0.717) is 19.0 Å². The molecule has 1 saturated heterocycles. The van der Waals surface area contributed by atoms with Crippen LogP contribution in [-0.4, -0.2) is 29.1 Å². The molecule has 3 heterocycles. The van der Waals surface area contributed by atoms with E-state index in [-0.39, 0.29) is 12.1 Å². The minimum atomic E-state index is -0.0231. The van der Waals surface area contributed by atoms with Crippen LogP contribution in [0, 0.1) is 0 Å². The van der Waals surface area contributed by atoms with Crippen molar-refractivity contribution in [2.45, 2.75) is 32.4 Å². The summed E-state index contributed by atoms with van der Waals surface area (Å²) in [7, 11) is 0. The van der Waals surface area contributed by atoms with Crippen molar-refractivity contribution in [1.82, 2.24) is 15.2 Å². The zero-order valence-electron chi connectivity index (χ0n) is 13.2. The maximum Gasteiger partial charge on any atom is 0.318 e. The molecule has 3 rings (SSSR count). The van der Waals surface area contributed by atoms with E-state index in [9.17, 15) is 4.79 Å². The Hall–Kier alpha value is -2.08. The van der Waals surface area contributed by atoms with Crippen LogP contribution in [0.3, 0.4) is 0 Å². The van der Waals surface area contributed by atoms with Crippen LogP contribution < -0.4 is 10.1 Å². The highest BCUT2D eigenvalue weighted by Gasteiger charge is 2.30. The number of urea groups is 1. The molecule has 23 heavy (non-hydrogen) atoms. The summed E-state index contributed by atoms with van der Waals surface area (Å²) in [5.74, 6) is 0.589.